The molecule has 0 aromatic heterocycles. The number of hydrogen-bond acceptors (Lipinski definition) is 3. The number of hydrogen-bond donors (Lipinski definition) is 1. The van der Waals surface area contributed by atoms with Crippen LogP contribution in [0.15, 0.2) is 24.3 Å². The quantitative estimate of drug-likeness (QED) is 0.929. The highest BCUT2D eigenvalue weighted by Crippen LogP contribution is 2.28. The first kappa shape index (κ1) is 15.6. The van der Waals surface area contributed by atoms with Crippen LogP contribution < -0.4 is 4.74 Å². The molecule has 7 heteroatoms. The SMILES string of the molecule is CC1CCN(Cc2cccc(OC(F)(F)F)c2)C1C(=O)O. The van der Waals surface area contributed by atoms with Crippen molar-refractivity contribution >= 4 is 5.97 Å². The molecular formula is C14H16F3NO3. The zero-order valence-electron chi connectivity index (χ0n) is 11.4. The number of carboxylic acid groups (broad SMARTS) is 1. The summed E-state index contributed by atoms with van der Waals surface area (Å²) in [7, 11) is 0. The van der Waals surface area contributed by atoms with E-state index in [1.165, 1.54) is 18.2 Å². The van der Waals surface area contributed by atoms with Gasteiger partial charge in [-0.05, 0) is 36.6 Å². The van der Waals surface area contributed by atoms with Crippen molar-refractivity contribution in [2.75, 3.05) is 6.54 Å². The van der Waals surface area contributed by atoms with Crippen LogP contribution in [0.4, 0.5) is 13.2 Å². The summed E-state index contributed by atoms with van der Waals surface area (Å²) in [6.45, 7) is 2.76. The van der Waals surface area contributed by atoms with Crippen LogP contribution in [-0.2, 0) is 11.3 Å². The Kier molecular flexibility index (Phi) is 4.41. The summed E-state index contributed by atoms with van der Waals surface area (Å²) >= 11 is 0. The zero-order chi connectivity index (χ0) is 15.6. The predicted molar refractivity (Wildman–Crippen MR) is 68.7 cm³/mol. The van der Waals surface area contributed by atoms with Gasteiger partial charge in [0.05, 0.1) is 0 Å². The normalized spacial score (nSPS) is 23.2. The molecule has 1 aromatic rings. The second kappa shape index (κ2) is 5.93. The predicted octanol–water partition coefficient (Wildman–Crippen LogP) is 2.88. The number of aliphatic carboxylic acids is 1. The monoisotopic (exact) mass is 303 g/mol. The Hall–Kier alpha value is -1.76. The Morgan fingerprint density at radius 2 is 2.19 bits per heavy atom. The molecule has 1 aliphatic heterocycles. The minimum Gasteiger partial charge on any atom is -0.480 e. The van der Waals surface area contributed by atoms with Gasteiger partial charge in [0, 0.05) is 6.54 Å². The summed E-state index contributed by atoms with van der Waals surface area (Å²) in [5, 5.41) is 9.22. The molecular weight excluding hydrogens is 287 g/mol. The van der Waals surface area contributed by atoms with Gasteiger partial charge in [0.1, 0.15) is 11.8 Å². The first-order valence-corrected chi connectivity index (χ1v) is 6.58. The van der Waals surface area contributed by atoms with E-state index in [-0.39, 0.29) is 18.2 Å². The third-order valence-electron chi connectivity index (χ3n) is 3.57. The van der Waals surface area contributed by atoms with Crippen molar-refractivity contribution < 1.29 is 27.8 Å². The fourth-order valence-corrected chi connectivity index (χ4v) is 2.68. The number of benzene rings is 1. The molecule has 1 saturated heterocycles. The van der Waals surface area contributed by atoms with Crippen LogP contribution in [0.5, 0.6) is 5.75 Å². The number of likely N-dealkylation sites (tertiary alicyclic amines) is 1. The minimum absolute atomic E-state index is 0.0251. The number of ether oxygens (including phenoxy) is 1. The summed E-state index contributed by atoms with van der Waals surface area (Å²) in [4.78, 5) is 13.0. The molecule has 1 aliphatic rings. The highest BCUT2D eigenvalue weighted by Gasteiger charge is 2.36. The molecule has 1 aromatic carbocycles. The molecule has 0 radical (unpaired) electrons. The molecule has 1 fully saturated rings. The molecule has 0 bridgehead atoms. The summed E-state index contributed by atoms with van der Waals surface area (Å²) in [5.74, 6) is -1.17. The van der Waals surface area contributed by atoms with Crippen LogP contribution in [0.3, 0.4) is 0 Å². The van der Waals surface area contributed by atoms with E-state index in [1.54, 1.807) is 11.0 Å². The van der Waals surface area contributed by atoms with Crippen molar-refractivity contribution in [2.24, 2.45) is 5.92 Å². The Labute approximate surface area is 120 Å². The molecule has 2 unspecified atom stereocenters. The summed E-state index contributed by atoms with van der Waals surface area (Å²) in [6, 6.07) is 5.03. The molecule has 1 N–H and O–H groups in total. The molecule has 4 nitrogen and oxygen atoms in total. The second-order valence-corrected chi connectivity index (χ2v) is 5.21. The van der Waals surface area contributed by atoms with Gasteiger partial charge in [-0.1, -0.05) is 19.1 Å². The van der Waals surface area contributed by atoms with Crippen LogP contribution in [0, 0.1) is 5.92 Å². The molecule has 2 atom stereocenters. The number of carbonyl (C=O) groups is 1. The Balaban J connectivity index is 2.09. The van der Waals surface area contributed by atoms with Crippen molar-refractivity contribution in [3.63, 3.8) is 0 Å². The van der Waals surface area contributed by atoms with Crippen LogP contribution >= 0.6 is 0 Å². The third-order valence-corrected chi connectivity index (χ3v) is 3.57. The van der Waals surface area contributed by atoms with E-state index in [0.717, 1.165) is 6.42 Å². The number of halogens is 3. The van der Waals surface area contributed by atoms with E-state index >= 15 is 0 Å². The van der Waals surface area contributed by atoms with Gasteiger partial charge in [0.15, 0.2) is 0 Å². The van der Waals surface area contributed by atoms with Crippen molar-refractivity contribution in [3.8, 4) is 5.75 Å². The van der Waals surface area contributed by atoms with Gasteiger partial charge in [-0.25, -0.2) is 0 Å². The molecule has 21 heavy (non-hydrogen) atoms. The lowest BCUT2D eigenvalue weighted by atomic mass is 10.0. The summed E-state index contributed by atoms with van der Waals surface area (Å²) in [6.07, 6.45) is -3.97. The number of rotatable bonds is 4. The standard InChI is InChI=1S/C14H16F3NO3/c1-9-5-6-18(12(9)13(19)20)8-10-3-2-4-11(7-10)21-14(15,16)17/h2-4,7,9,12H,5-6,8H2,1H3,(H,19,20). The highest BCUT2D eigenvalue weighted by atomic mass is 19.4. The number of nitrogens with zero attached hydrogens (tertiary/aromatic N) is 1. The number of alkyl halides is 3. The fraction of sp³-hybridized carbons (Fsp3) is 0.500. The van der Waals surface area contributed by atoms with Gasteiger partial charge in [-0.15, -0.1) is 13.2 Å². The number of carboxylic acids is 1. The molecule has 0 spiro atoms. The molecule has 116 valence electrons. The lowest BCUT2D eigenvalue weighted by molar-refractivity contribution is -0.274. The molecule has 0 amide bonds. The second-order valence-electron chi connectivity index (χ2n) is 5.21. The lowest BCUT2D eigenvalue weighted by Crippen LogP contribution is -2.38. The maximum atomic E-state index is 12.2. The van der Waals surface area contributed by atoms with E-state index in [2.05, 4.69) is 4.74 Å². The Morgan fingerprint density at radius 3 is 2.81 bits per heavy atom. The topological polar surface area (TPSA) is 49.8 Å². The lowest BCUT2D eigenvalue weighted by Gasteiger charge is -2.23. The molecule has 0 saturated carbocycles. The smallest absolute Gasteiger partial charge is 0.480 e. The van der Waals surface area contributed by atoms with E-state index < -0.39 is 18.4 Å². The average Bonchev–Trinajstić information content (AvgIpc) is 2.68. The van der Waals surface area contributed by atoms with Gasteiger partial charge < -0.3 is 9.84 Å². The van der Waals surface area contributed by atoms with E-state index in [9.17, 15) is 23.1 Å². The van der Waals surface area contributed by atoms with Crippen LogP contribution in [0.25, 0.3) is 0 Å². The van der Waals surface area contributed by atoms with Crippen LogP contribution in [0.2, 0.25) is 0 Å². The highest BCUT2D eigenvalue weighted by molar-refractivity contribution is 5.74. The van der Waals surface area contributed by atoms with Crippen molar-refractivity contribution in [1.29, 1.82) is 0 Å². The zero-order valence-corrected chi connectivity index (χ0v) is 11.4. The van der Waals surface area contributed by atoms with Gasteiger partial charge in [0.25, 0.3) is 0 Å². The van der Waals surface area contributed by atoms with Crippen LogP contribution in [0.1, 0.15) is 18.9 Å². The Bertz CT molecular complexity index is 518. The third kappa shape index (κ3) is 4.10. The molecule has 1 heterocycles. The maximum Gasteiger partial charge on any atom is 0.573 e. The van der Waals surface area contributed by atoms with E-state index in [1.807, 2.05) is 6.92 Å². The average molecular weight is 303 g/mol. The van der Waals surface area contributed by atoms with Gasteiger partial charge in [-0.3, -0.25) is 9.69 Å². The van der Waals surface area contributed by atoms with Gasteiger partial charge in [-0.2, -0.15) is 0 Å². The van der Waals surface area contributed by atoms with Gasteiger partial charge in [0.2, 0.25) is 0 Å². The van der Waals surface area contributed by atoms with Crippen LogP contribution in [-0.4, -0.2) is 34.9 Å². The van der Waals surface area contributed by atoms with Gasteiger partial charge >= 0.3 is 12.3 Å². The summed E-state index contributed by atoms with van der Waals surface area (Å²) < 4.78 is 40.4. The first-order chi connectivity index (χ1) is 9.76. The largest absolute Gasteiger partial charge is 0.573 e. The summed E-state index contributed by atoms with van der Waals surface area (Å²) in [5.41, 5.74) is 0.595. The Morgan fingerprint density at radius 1 is 1.48 bits per heavy atom. The minimum atomic E-state index is -4.73. The van der Waals surface area contributed by atoms with E-state index in [0.29, 0.717) is 12.1 Å². The first-order valence-electron chi connectivity index (χ1n) is 6.58. The van der Waals surface area contributed by atoms with Crippen molar-refractivity contribution in [2.45, 2.75) is 32.3 Å². The van der Waals surface area contributed by atoms with Crippen molar-refractivity contribution in [3.05, 3.63) is 29.8 Å². The molecule has 2 rings (SSSR count). The maximum absolute atomic E-state index is 12.2. The van der Waals surface area contributed by atoms with Crippen molar-refractivity contribution in [1.82, 2.24) is 4.90 Å². The fourth-order valence-electron chi connectivity index (χ4n) is 2.68. The molecule has 0 aliphatic carbocycles. The van der Waals surface area contributed by atoms with E-state index in [4.69, 9.17) is 0 Å².